The van der Waals surface area contributed by atoms with Crippen LogP contribution in [0.25, 0.3) is 0 Å². The van der Waals surface area contributed by atoms with Crippen molar-refractivity contribution in [3.05, 3.63) is 83.9 Å². The number of anilines is 1. The fourth-order valence-electron chi connectivity index (χ4n) is 2.62. The third-order valence-electron chi connectivity index (χ3n) is 3.95. The van der Waals surface area contributed by atoms with E-state index in [1.807, 2.05) is 60.2 Å². The van der Waals surface area contributed by atoms with Gasteiger partial charge >= 0.3 is 0 Å². The lowest BCUT2D eigenvalue weighted by atomic mass is 10.2. The van der Waals surface area contributed by atoms with Gasteiger partial charge in [0.05, 0.1) is 25.1 Å². The van der Waals surface area contributed by atoms with Crippen molar-refractivity contribution in [3.63, 3.8) is 0 Å². The Morgan fingerprint density at radius 3 is 2.68 bits per heavy atom. The second-order valence-electron chi connectivity index (χ2n) is 5.93. The Morgan fingerprint density at radius 1 is 1.14 bits per heavy atom. The summed E-state index contributed by atoms with van der Waals surface area (Å²) in [5.74, 6) is 0.582. The van der Waals surface area contributed by atoms with E-state index in [4.69, 9.17) is 17.0 Å². The summed E-state index contributed by atoms with van der Waals surface area (Å²) in [5.41, 5.74) is 5.07. The molecule has 7 heteroatoms. The zero-order valence-electron chi connectivity index (χ0n) is 15.4. The molecule has 0 aliphatic carbocycles. The zero-order chi connectivity index (χ0) is 19.8. The van der Waals surface area contributed by atoms with Crippen LogP contribution in [-0.4, -0.2) is 22.5 Å². The van der Waals surface area contributed by atoms with Crippen molar-refractivity contribution >= 4 is 29.2 Å². The zero-order valence-corrected chi connectivity index (χ0v) is 16.2. The number of aromatic nitrogens is 1. The number of hydrogen-bond donors (Lipinski definition) is 2. The summed E-state index contributed by atoms with van der Waals surface area (Å²) in [4.78, 5) is 0. The van der Waals surface area contributed by atoms with Crippen molar-refractivity contribution in [3.8, 4) is 5.75 Å². The van der Waals surface area contributed by atoms with Crippen molar-refractivity contribution in [2.24, 2.45) is 5.10 Å². The fourth-order valence-corrected chi connectivity index (χ4v) is 2.79. The Labute approximate surface area is 168 Å². The van der Waals surface area contributed by atoms with Gasteiger partial charge in [-0.3, -0.25) is 5.43 Å². The molecule has 0 amide bonds. The van der Waals surface area contributed by atoms with E-state index in [-0.39, 0.29) is 5.82 Å². The topological polar surface area (TPSA) is 50.6 Å². The molecule has 3 rings (SSSR count). The number of nitrogens with one attached hydrogen (secondary N) is 2. The normalized spacial score (nSPS) is 10.8. The molecule has 0 aliphatic rings. The fraction of sp³-hybridized carbons (Fsp3) is 0.143. The van der Waals surface area contributed by atoms with Gasteiger partial charge in [0.2, 0.25) is 0 Å². The number of hydrazone groups is 1. The van der Waals surface area contributed by atoms with E-state index in [9.17, 15) is 4.39 Å². The van der Waals surface area contributed by atoms with Gasteiger partial charge < -0.3 is 14.6 Å². The molecule has 0 fully saturated rings. The Balaban J connectivity index is 1.55. The Kier molecular flexibility index (Phi) is 6.75. The highest BCUT2D eigenvalue weighted by atomic mass is 32.1. The number of hydrogen-bond acceptors (Lipinski definition) is 3. The quantitative estimate of drug-likeness (QED) is 0.353. The van der Waals surface area contributed by atoms with Gasteiger partial charge in [0.1, 0.15) is 11.6 Å². The van der Waals surface area contributed by atoms with Crippen LogP contribution >= 0.6 is 12.2 Å². The Hall–Kier alpha value is -3.19. The van der Waals surface area contributed by atoms with E-state index in [2.05, 4.69) is 15.8 Å². The number of ether oxygens (including phenoxy) is 1. The molecule has 0 saturated heterocycles. The molecule has 0 atom stereocenters. The lowest BCUT2D eigenvalue weighted by molar-refractivity contribution is 0.340. The molecule has 144 valence electrons. The summed E-state index contributed by atoms with van der Waals surface area (Å²) >= 11 is 5.25. The van der Waals surface area contributed by atoms with Crippen LogP contribution in [0.5, 0.6) is 5.75 Å². The van der Waals surface area contributed by atoms with Crippen LogP contribution in [0.4, 0.5) is 10.1 Å². The molecule has 2 N–H and O–H groups in total. The van der Waals surface area contributed by atoms with Crippen LogP contribution in [0.1, 0.15) is 18.2 Å². The van der Waals surface area contributed by atoms with Gasteiger partial charge in [-0.25, -0.2) is 4.39 Å². The van der Waals surface area contributed by atoms with Crippen molar-refractivity contribution in [2.45, 2.75) is 13.5 Å². The number of benzene rings is 2. The molecule has 3 aromatic rings. The molecule has 0 aliphatic heterocycles. The van der Waals surface area contributed by atoms with Crippen molar-refractivity contribution in [1.82, 2.24) is 9.99 Å². The van der Waals surface area contributed by atoms with E-state index < -0.39 is 0 Å². The highest BCUT2D eigenvalue weighted by Gasteiger charge is 2.04. The molecular formula is C21H21FN4OS. The van der Waals surface area contributed by atoms with Gasteiger partial charge in [-0.1, -0.05) is 18.2 Å². The minimum atomic E-state index is -0.224. The van der Waals surface area contributed by atoms with E-state index in [1.165, 1.54) is 6.07 Å². The van der Waals surface area contributed by atoms with Gasteiger partial charge in [-0.05, 0) is 61.6 Å². The SMILES string of the molecule is CCOc1ccc(NC(=S)NN=Cc2cccn2Cc2ccccc2F)cc1. The third-order valence-corrected chi connectivity index (χ3v) is 4.14. The number of nitrogens with zero attached hydrogens (tertiary/aromatic N) is 2. The standard InChI is InChI=1S/C21H21FN4OS/c1-2-27-19-11-9-17(10-12-19)24-21(28)25-23-14-18-7-5-13-26(18)15-16-6-3-4-8-20(16)22/h3-14H,2,15H2,1H3,(H2,24,25,28). The van der Waals surface area contributed by atoms with Crippen LogP contribution in [-0.2, 0) is 6.54 Å². The van der Waals surface area contributed by atoms with Crippen LogP contribution in [0.15, 0.2) is 72.0 Å². The molecule has 1 heterocycles. The molecule has 0 radical (unpaired) electrons. The molecule has 2 aromatic carbocycles. The van der Waals surface area contributed by atoms with Crippen LogP contribution in [0.2, 0.25) is 0 Å². The monoisotopic (exact) mass is 396 g/mol. The smallest absolute Gasteiger partial charge is 0.191 e. The van der Waals surface area contributed by atoms with Crippen LogP contribution < -0.4 is 15.5 Å². The third kappa shape index (κ3) is 5.40. The summed E-state index contributed by atoms with van der Waals surface area (Å²) < 4.78 is 21.2. The number of rotatable bonds is 7. The first-order valence-corrected chi connectivity index (χ1v) is 9.28. The molecular weight excluding hydrogens is 375 g/mol. The molecule has 1 aromatic heterocycles. The summed E-state index contributed by atoms with van der Waals surface area (Å²) in [5, 5.41) is 7.58. The second-order valence-corrected chi connectivity index (χ2v) is 6.34. The van der Waals surface area contributed by atoms with Gasteiger partial charge in [0.25, 0.3) is 0 Å². The van der Waals surface area contributed by atoms with Gasteiger partial charge in [-0.15, -0.1) is 0 Å². The molecule has 0 spiro atoms. The minimum absolute atomic E-state index is 0.224. The first-order chi connectivity index (χ1) is 13.7. The average Bonchev–Trinajstić information content (AvgIpc) is 3.12. The second kappa shape index (κ2) is 9.66. The number of halogens is 1. The predicted molar refractivity (Wildman–Crippen MR) is 114 cm³/mol. The maximum Gasteiger partial charge on any atom is 0.191 e. The van der Waals surface area contributed by atoms with Crippen molar-refractivity contribution < 1.29 is 9.13 Å². The average molecular weight is 396 g/mol. The van der Waals surface area contributed by atoms with E-state index in [1.54, 1.807) is 18.3 Å². The van der Waals surface area contributed by atoms with Crippen molar-refractivity contribution in [2.75, 3.05) is 11.9 Å². The maximum atomic E-state index is 13.9. The van der Waals surface area contributed by atoms with Gasteiger partial charge in [0, 0.05) is 17.4 Å². The van der Waals surface area contributed by atoms with Crippen LogP contribution in [0.3, 0.4) is 0 Å². The number of thiocarbonyl (C=S) groups is 1. The van der Waals surface area contributed by atoms with E-state index in [0.717, 1.165) is 17.1 Å². The lowest BCUT2D eigenvalue weighted by Gasteiger charge is -2.09. The highest BCUT2D eigenvalue weighted by molar-refractivity contribution is 7.80. The van der Waals surface area contributed by atoms with Gasteiger partial charge in [-0.2, -0.15) is 5.10 Å². The summed E-state index contributed by atoms with van der Waals surface area (Å²) in [6.45, 7) is 2.99. The molecule has 5 nitrogen and oxygen atoms in total. The largest absolute Gasteiger partial charge is 0.494 e. The molecule has 0 saturated carbocycles. The van der Waals surface area contributed by atoms with Crippen LogP contribution in [0, 0.1) is 5.82 Å². The Morgan fingerprint density at radius 2 is 1.93 bits per heavy atom. The summed E-state index contributed by atoms with van der Waals surface area (Å²) in [7, 11) is 0. The first-order valence-electron chi connectivity index (χ1n) is 8.87. The first kappa shape index (κ1) is 19.6. The van der Waals surface area contributed by atoms with Gasteiger partial charge in [0.15, 0.2) is 5.11 Å². The maximum absolute atomic E-state index is 13.9. The van der Waals surface area contributed by atoms with E-state index >= 15 is 0 Å². The highest BCUT2D eigenvalue weighted by Crippen LogP contribution is 2.15. The summed E-state index contributed by atoms with van der Waals surface area (Å²) in [6, 6.07) is 18.0. The lowest BCUT2D eigenvalue weighted by Crippen LogP contribution is -2.24. The molecule has 28 heavy (non-hydrogen) atoms. The molecule has 0 unspecified atom stereocenters. The van der Waals surface area contributed by atoms with E-state index in [0.29, 0.717) is 23.8 Å². The van der Waals surface area contributed by atoms with Crippen molar-refractivity contribution in [1.29, 1.82) is 0 Å². The summed E-state index contributed by atoms with van der Waals surface area (Å²) in [6.07, 6.45) is 3.53. The molecule has 0 bridgehead atoms. The predicted octanol–water partition coefficient (Wildman–Crippen LogP) is 4.39. The minimum Gasteiger partial charge on any atom is -0.494 e. The Bertz CT molecular complexity index is 953.